The maximum atomic E-state index is 6.53. The number of fused-ring (bicyclic) bond motifs is 4. The molecule has 0 fully saturated rings. The number of hydrogen-bond donors (Lipinski definition) is 0. The highest BCUT2D eigenvalue weighted by molar-refractivity contribution is 6.35. The molecule has 0 amide bonds. The molecule has 0 saturated heterocycles. The lowest BCUT2D eigenvalue weighted by Gasteiger charge is -2.38. The lowest BCUT2D eigenvalue weighted by atomic mass is 9.96. The zero-order valence-electron chi connectivity index (χ0n) is 15.7. The fourth-order valence-corrected chi connectivity index (χ4v) is 4.69. The zero-order valence-corrected chi connectivity index (χ0v) is 17.2. The maximum absolute atomic E-state index is 6.53. The van der Waals surface area contributed by atoms with Crippen molar-refractivity contribution in [2.45, 2.75) is 18.7 Å². The van der Waals surface area contributed by atoms with Crippen LogP contribution in [-0.4, -0.2) is 17.5 Å². The van der Waals surface area contributed by atoms with Gasteiger partial charge in [0, 0.05) is 28.1 Å². The summed E-state index contributed by atoms with van der Waals surface area (Å²) in [5, 5.41) is 8.10. The van der Waals surface area contributed by atoms with Gasteiger partial charge in [0.2, 0.25) is 13.0 Å². The van der Waals surface area contributed by atoms with Crippen molar-refractivity contribution in [3.63, 3.8) is 0 Å². The number of para-hydroxylation sites is 1. The van der Waals surface area contributed by atoms with Gasteiger partial charge >= 0.3 is 0 Å². The summed E-state index contributed by atoms with van der Waals surface area (Å²) in [7, 11) is 0. The number of benzene rings is 3. The number of rotatable bonds is 2. The second kappa shape index (κ2) is 6.83. The number of halogens is 2. The first-order valence-corrected chi connectivity index (χ1v) is 10.4. The molecule has 3 aliphatic rings. The van der Waals surface area contributed by atoms with Gasteiger partial charge in [0.15, 0.2) is 11.5 Å². The normalized spacial score (nSPS) is 21.0. The van der Waals surface area contributed by atoms with E-state index in [1.54, 1.807) is 6.07 Å². The summed E-state index contributed by atoms with van der Waals surface area (Å²) in [6.45, 7) is 0.248. The molecule has 3 heterocycles. The molecule has 0 bridgehead atoms. The molecule has 0 saturated carbocycles. The Morgan fingerprint density at radius 2 is 1.73 bits per heavy atom. The van der Waals surface area contributed by atoms with Crippen LogP contribution in [0.5, 0.6) is 17.2 Å². The Bertz CT molecular complexity index is 1200. The van der Waals surface area contributed by atoms with Gasteiger partial charge in [0.1, 0.15) is 5.75 Å². The van der Waals surface area contributed by atoms with E-state index in [2.05, 4.69) is 6.07 Å². The van der Waals surface area contributed by atoms with Crippen molar-refractivity contribution in [1.82, 2.24) is 5.01 Å². The molecular weight excluding hydrogens is 423 g/mol. The molecule has 7 heteroatoms. The average molecular weight is 439 g/mol. The van der Waals surface area contributed by atoms with Gasteiger partial charge < -0.3 is 14.2 Å². The van der Waals surface area contributed by atoms with E-state index >= 15 is 0 Å². The van der Waals surface area contributed by atoms with Crippen LogP contribution in [-0.2, 0) is 0 Å². The van der Waals surface area contributed by atoms with E-state index in [4.69, 9.17) is 42.5 Å². The molecule has 0 unspecified atom stereocenters. The van der Waals surface area contributed by atoms with E-state index in [-0.39, 0.29) is 12.8 Å². The maximum Gasteiger partial charge on any atom is 0.231 e. The standard InChI is InChI=1S/C23H16Cl2N2O3/c24-14-6-7-15(17(25)10-14)23-27-19(16-3-1-2-4-20(16)30-23)11-18(26-27)13-5-8-21-22(9-13)29-12-28-21/h1-10,19,23H,11-12H2/t19-,23+/m0/s1. The lowest BCUT2D eigenvalue weighted by molar-refractivity contribution is -0.0189. The Hall–Kier alpha value is -2.89. The molecule has 2 atom stereocenters. The van der Waals surface area contributed by atoms with Crippen LogP contribution in [0.1, 0.15) is 35.4 Å². The van der Waals surface area contributed by atoms with Gasteiger partial charge in [-0.05, 0) is 36.4 Å². The molecule has 3 aromatic carbocycles. The summed E-state index contributed by atoms with van der Waals surface area (Å²) in [4.78, 5) is 0. The summed E-state index contributed by atoms with van der Waals surface area (Å²) in [6.07, 6.45) is 0.308. The van der Waals surface area contributed by atoms with Crippen LogP contribution < -0.4 is 14.2 Å². The minimum Gasteiger partial charge on any atom is -0.464 e. The second-order valence-corrected chi connectivity index (χ2v) is 8.23. The fraction of sp³-hybridized carbons (Fsp3) is 0.174. The molecule has 6 rings (SSSR count). The van der Waals surface area contributed by atoms with E-state index in [1.807, 2.05) is 53.5 Å². The first-order chi connectivity index (χ1) is 14.7. The van der Waals surface area contributed by atoms with E-state index in [0.717, 1.165) is 46.1 Å². The van der Waals surface area contributed by atoms with Gasteiger partial charge in [-0.25, -0.2) is 5.01 Å². The molecule has 0 aromatic heterocycles. The first-order valence-electron chi connectivity index (χ1n) is 9.64. The van der Waals surface area contributed by atoms with Crippen molar-refractivity contribution >= 4 is 28.9 Å². The van der Waals surface area contributed by atoms with Gasteiger partial charge in [0.05, 0.1) is 16.8 Å². The average Bonchev–Trinajstić information content (AvgIpc) is 3.40. The van der Waals surface area contributed by atoms with Crippen molar-refractivity contribution in [1.29, 1.82) is 0 Å². The molecule has 0 aliphatic carbocycles. The molecule has 3 aliphatic heterocycles. The van der Waals surface area contributed by atoms with Crippen LogP contribution >= 0.6 is 23.2 Å². The Labute approximate surface area is 183 Å². The molecule has 0 radical (unpaired) electrons. The third kappa shape index (κ3) is 2.81. The van der Waals surface area contributed by atoms with Crippen LogP contribution in [0.15, 0.2) is 65.8 Å². The molecule has 0 spiro atoms. The van der Waals surface area contributed by atoms with Crippen LogP contribution in [0.4, 0.5) is 0 Å². The number of hydrogen-bond acceptors (Lipinski definition) is 5. The summed E-state index contributed by atoms with van der Waals surface area (Å²) < 4.78 is 17.3. The molecule has 0 N–H and O–H groups in total. The number of ether oxygens (including phenoxy) is 3. The van der Waals surface area contributed by atoms with Crippen molar-refractivity contribution in [3.05, 3.63) is 87.4 Å². The molecule has 5 nitrogen and oxygen atoms in total. The molecular formula is C23H16Cl2N2O3. The summed E-state index contributed by atoms with van der Waals surface area (Å²) >= 11 is 12.6. The topological polar surface area (TPSA) is 43.3 Å². The second-order valence-electron chi connectivity index (χ2n) is 7.39. The van der Waals surface area contributed by atoms with Crippen molar-refractivity contribution in [2.75, 3.05) is 6.79 Å². The van der Waals surface area contributed by atoms with Crippen molar-refractivity contribution in [3.8, 4) is 17.2 Å². The predicted octanol–water partition coefficient (Wildman–Crippen LogP) is 5.96. The predicted molar refractivity (Wildman–Crippen MR) is 115 cm³/mol. The Balaban J connectivity index is 1.44. The van der Waals surface area contributed by atoms with Gasteiger partial charge in [-0.2, -0.15) is 5.10 Å². The van der Waals surface area contributed by atoms with Crippen LogP contribution in [0.3, 0.4) is 0 Å². The lowest BCUT2D eigenvalue weighted by Crippen LogP contribution is -2.33. The quantitative estimate of drug-likeness (QED) is 0.494. The molecule has 3 aromatic rings. The Morgan fingerprint density at radius 3 is 2.63 bits per heavy atom. The highest BCUT2D eigenvalue weighted by Crippen LogP contribution is 2.49. The summed E-state index contributed by atoms with van der Waals surface area (Å²) in [6, 6.07) is 19.5. The fourth-order valence-electron chi connectivity index (χ4n) is 4.19. The minimum atomic E-state index is -0.443. The minimum absolute atomic E-state index is 0.0483. The molecule has 30 heavy (non-hydrogen) atoms. The van der Waals surface area contributed by atoms with Crippen LogP contribution in [0.25, 0.3) is 0 Å². The van der Waals surface area contributed by atoms with Crippen LogP contribution in [0.2, 0.25) is 10.0 Å². The highest BCUT2D eigenvalue weighted by atomic mass is 35.5. The van der Waals surface area contributed by atoms with E-state index < -0.39 is 6.23 Å². The zero-order chi connectivity index (χ0) is 20.2. The number of hydrazone groups is 1. The monoisotopic (exact) mass is 438 g/mol. The van der Waals surface area contributed by atoms with Gasteiger partial charge in [-0.1, -0.05) is 47.5 Å². The van der Waals surface area contributed by atoms with Crippen LogP contribution in [0, 0.1) is 0 Å². The summed E-state index contributed by atoms with van der Waals surface area (Å²) in [5.74, 6) is 2.35. The van der Waals surface area contributed by atoms with Crippen molar-refractivity contribution in [2.24, 2.45) is 5.10 Å². The van der Waals surface area contributed by atoms with Gasteiger partial charge in [0.25, 0.3) is 0 Å². The van der Waals surface area contributed by atoms with E-state index in [9.17, 15) is 0 Å². The smallest absolute Gasteiger partial charge is 0.231 e. The first kappa shape index (κ1) is 17.9. The SMILES string of the molecule is Clc1ccc([C@H]2Oc3ccccc3[C@@H]3CC(c4ccc5c(c4)OCO5)=NN23)c(Cl)c1. The van der Waals surface area contributed by atoms with E-state index in [0.29, 0.717) is 10.0 Å². The molecule has 150 valence electrons. The highest BCUT2D eigenvalue weighted by Gasteiger charge is 2.41. The van der Waals surface area contributed by atoms with Crippen molar-refractivity contribution < 1.29 is 14.2 Å². The number of nitrogens with zero attached hydrogens (tertiary/aromatic N) is 2. The van der Waals surface area contributed by atoms with Gasteiger partial charge in [-0.15, -0.1) is 0 Å². The third-order valence-electron chi connectivity index (χ3n) is 5.63. The Morgan fingerprint density at radius 1 is 0.867 bits per heavy atom. The Kier molecular flexibility index (Phi) is 4.08. The summed E-state index contributed by atoms with van der Waals surface area (Å²) in [5.41, 5.74) is 3.91. The third-order valence-corrected chi connectivity index (χ3v) is 6.20. The van der Waals surface area contributed by atoms with Gasteiger partial charge in [-0.3, -0.25) is 0 Å². The largest absolute Gasteiger partial charge is 0.464 e. The van der Waals surface area contributed by atoms with E-state index in [1.165, 1.54) is 0 Å².